The average molecular weight is 661 g/mol. The van der Waals surface area contributed by atoms with E-state index in [4.69, 9.17) is 0 Å². The molecule has 0 saturated carbocycles. The Morgan fingerprint density at radius 2 is 0.500 bits per heavy atom. The van der Waals surface area contributed by atoms with Crippen molar-refractivity contribution >= 4 is 43.6 Å². The number of hydrogen-bond acceptors (Lipinski definition) is 0. The van der Waals surface area contributed by atoms with Gasteiger partial charge in [-0.15, -0.1) is 0 Å². The van der Waals surface area contributed by atoms with Gasteiger partial charge < -0.3 is 9.13 Å². The van der Waals surface area contributed by atoms with Crippen LogP contribution >= 0.6 is 0 Å². The summed E-state index contributed by atoms with van der Waals surface area (Å²) in [6, 6.07) is 48.6. The highest BCUT2D eigenvalue weighted by Crippen LogP contribution is 2.41. The fourth-order valence-corrected chi connectivity index (χ4v) is 7.26. The van der Waals surface area contributed by atoms with Gasteiger partial charge in [0.25, 0.3) is 11.8 Å². The molecule has 0 aliphatic carbocycles. The Hall–Kier alpha value is -6.14. The van der Waals surface area contributed by atoms with Gasteiger partial charge in [-0.1, -0.05) is 121 Å². The predicted octanol–water partition coefficient (Wildman–Crippen LogP) is 12.2. The zero-order valence-corrected chi connectivity index (χ0v) is 26.6. The van der Waals surface area contributed by atoms with Gasteiger partial charge in [-0.05, 0) is 48.5 Å². The van der Waals surface area contributed by atoms with Crippen molar-refractivity contribution < 1.29 is 17.6 Å². The van der Waals surface area contributed by atoms with Crippen LogP contribution in [0.3, 0.4) is 0 Å². The summed E-state index contributed by atoms with van der Waals surface area (Å²) in [6.45, 7) is 0. The number of alkyl halides is 4. The monoisotopic (exact) mass is 660 g/mol. The van der Waals surface area contributed by atoms with E-state index in [1.165, 1.54) is 24.3 Å². The Bertz CT molecular complexity index is 2390. The number of benzene rings is 7. The van der Waals surface area contributed by atoms with Gasteiger partial charge in [-0.25, -0.2) is 0 Å². The molecule has 0 spiro atoms. The summed E-state index contributed by atoms with van der Waals surface area (Å²) >= 11 is 0. The van der Waals surface area contributed by atoms with E-state index >= 15 is 17.6 Å². The highest BCUT2D eigenvalue weighted by atomic mass is 19.3. The Labute approximate surface area is 285 Å². The van der Waals surface area contributed by atoms with Crippen molar-refractivity contribution in [3.63, 3.8) is 0 Å². The van der Waals surface area contributed by atoms with Gasteiger partial charge in [-0.2, -0.15) is 17.6 Å². The predicted molar refractivity (Wildman–Crippen MR) is 194 cm³/mol. The summed E-state index contributed by atoms with van der Waals surface area (Å²) in [5, 5.41) is 4.31. The molecule has 6 heteroatoms. The molecule has 0 unspecified atom stereocenters. The van der Waals surface area contributed by atoms with Crippen molar-refractivity contribution in [2.75, 3.05) is 0 Å². The number of hydrogen-bond donors (Lipinski definition) is 0. The normalized spacial score (nSPS) is 12.4. The number of aromatic nitrogens is 2. The maximum Gasteiger partial charge on any atom is 0.298 e. The number of nitrogens with zero attached hydrogens (tertiary/aromatic N) is 2. The third-order valence-corrected chi connectivity index (χ3v) is 9.75. The molecule has 2 heterocycles. The summed E-state index contributed by atoms with van der Waals surface area (Å²) in [6.07, 6.45) is 0. The summed E-state index contributed by atoms with van der Waals surface area (Å²) in [7, 11) is 0. The lowest BCUT2D eigenvalue weighted by Crippen LogP contribution is -2.18. The first-order chi connectivity index (χ1) is 24.3. The second-order valence-corrected chi connectivity index (χ2v) is 12.6. The summed E-state index contributed by atoms with van der Waals surface area (Å²) in [4.78, 5) is 0. The van der Waals surface area contributed by atoms with Gasteiger partial charge in [0.1, 0.15) is 0 Å². The minimum absolute atomic E-state index is 0.220. The zero-order chi connectivity index (χ0) is 34.0. The lowest BCUT2D eigenvalue weighted by Gasteiger charge is -2.21. The largest absolute Gasteiger partial charge is 0.309 e. The maximum atomic E-state index is 15.8. The van der Waals surface area contributed by atoms with Gasteiger partial charge in [-0.3, -0.25) is 0 Å². The molecular formula is C44H28F4N2. The third-order valence-electron chi connectivity index (χ3n) is 9.75. The number of halogens is 4. The van der Waals surface area contributed by atoms with E-state index in [1.807, 2.05) is 97.1 Å². The average Bonchev–Trinajstić information content (AvgIpc) is 3.68. The maximum absolute atomic E-state index is 15.8. The van der Waals surface area contributed by atoms with Crippen LogP contribution in [0.25, 0.3) is 55.0 Å². The van der Waals surface area contributed by atoms with Crippen LogP contribution in [0.5, 0.6) is 0 Å². The molecule has 0 saturated heterocycles. The third kappa shape index (κ3) is 4.56. The van der Waals surface area contributed by atoms with E-state index in [1.54, 1.807) is 24.3 Å². The van der Waals surface area contributed by atoms with Crippen molar-refractivity contribution in [2.24, 2.45) is 0 Å². The molecule has 242 valence electrons. The van der Waals surface area contributed by atoms with Gasteiger partial charge in [0.15, 0.2) is 0 Å². The molecule has 50 heavy (non-hydrogen) atoms. The van der Waals surface area contributed by atoms with E-state index in [0.717, 1.165) is 79.3 Å². The van der Waals surface area contributed by atoms with E-state index in [0.29, 0.717) is 0 Å². The molecule has 7 aromatic carbocycles. The van der Waals surface area contributed by atoms with E-state index in [9.17, 15) is 0 Å². The van der Waals surface area contributed by atoms with Crippen molar-refractivity contribution in [3.05, 3.63) is 192 Å². The number of fused-ring (bicyclic) bond motifs is 6. The Kier molecular flexibility index (Phi) is 6.71. The number of rotatable bonds is 6. The molecule has 9 rings (SSSR count). The SMILES string of the molecule is FC(F)(c1ccc(-n2c3ccccc3c3ccccc32)cc1)c1ccc(C(F)(F)c2ccc(-n3c4ccccc4c4ccccc43)cc2)cc1. The molecule has 0 atom stereocenters. The Morgan fingerprint density at radius 3 is 0.760 bits per heavy atom. The molecule has 0 aliphatic rings. The molecule has 0 fully saturated rings. The van der Waals surface area contributed by atoms with Gasteiger partial charge in [0, 0.05) is 55.2 Å². The van der Waals surface area contributed by atoms with Crippen LogP contribution in [-0.4, -0.2) is 9.13 Å². The van der Waals surface area contributed by atoms with Crippen molar-refractivity contribution in [1.29, 1.82) is 0 Å². The van der Waals surface area contributed by atoms with Crippen LogP contribution in [0.1, 0.15) is 22.3 Å². The van der Waals surface area contributed by atoms with Crippen LogP contribution in [0.2, 0.25) is 0 Å². The summed E-state index contributed by atoms with van der Waals surface area (Å²) < 4.78 is 67.4. The first-order valence-corrected chi connectivity index (χ1v) is 16.4. The first kappa shape index (κ1) is 30.0. The number of para-hydroxylation sites is 4. The van der Waals surface area contributed by atoms with Crippen LogP contribution < -0.4 is 0 Å². The van der Waals surface area contributed by atoms with Gasteiger partial charge in [0.2, 0.25) is 0 Å². The smallest absolute Gasteiger partial charge is 0.298 e. The highest BCUT2D eigenvalue weighted by molar-refractivity contribution is 6.10. The van der Waals surface area contributed by atoms with E-state index in [-0.39, 0.29) is 22.3 Å². The van der Waals surface area contributed by atoms with Crippen molar-refractivity contribution in [3.8, 4) is 11.4 Å². The minimum atomic E-state index is -3.39. The molecular weight excluding hydrogens is 632 g/mol. The molecule has 9 aromatic rings. The van der Waals surface area contributed by atoms with Crippen LogP contribution in [-0.2, 0) is 11.8 Å². The molecule has 0 bridgehead atoms. The topological polar surface area (TPSA) is 9.86 Å². The first-order valence-electron chi connectivity index (χ1n) is 16.4. The van der Waals surface area contributed by atoms with E-state index in [2.05, 4.69) is 9.13 Å². The lowest BCUT2D eigenvalue weighted by atomic mass is 9.95. The Morgan fingerprint density at radius 1 is 0.280 bits per heavy atom. The summed E-state index contributed by atoms with van der Waals surface area (Å²) in [5.74, 6) is -6.78. The molecule has 0 radical (unpaired) electrons. The van der Waals surface area contributed by atoms with Crippen molar-refractivity contribution in [1.82, 2.24) is 9.13 Å². The van der Waals surface area contributed by atoms with Crippen LogP contribution in [0.15, 0.2) is 170 Å². The Balaban J connectivity index is 0.997. The van der Waals surface area contributed by atoms with Gasteiger partial charge >= 0.3 is 0 Å². The van der Waals surface area contributed by atoms with Gasteiger partial charge in [0.05, 0.1) is 22.1 Å². The van der Waals surface area contributed by atoms with E-state index < -0.39 is 11.8 Å². The molecule has 2 aromatic heterocycles. The lowest BCUT2D eigenvalue weighted by molar-refractivity contribution is 0.0385. The molecule has 2 nitrogen and oxygen atoms in total. The molecule has 0 amide bonds. The second-order valence-electron chi connectivity index (χ2n) is 12.6. The fraction of sp³-hybridized carbons (Fsp3) is 0.0455. The molecule has 0 aliphatic heterocycles. The van der Waals surface area contributed by atoms with Crippen LogP contribution in [0, 0.1) is 0 Å². The van der Waals surface area contributed by atoms with Crippen LogP contribution in [0.4, 0.5) is 17.6 Å². The fourth-order valence-electron chi connectivity index (χ4n) is 7.26. The summed E-state index contributed by atoms with van der Waals surface area (Å²) in [5.41, 5.74) is 4.26. The standard InChI is InChI=1S/C44H28F4N2/c45-43(46,31-21-25-33(26-22-31)49-39-13-5-1-9-35(39)36-10-2-6-14-40(36)49)29-17-19-30(20-18-29)44(47,48)32-23-27-34(28-24-32)50-41-15-7-3-11-37(41)38-12-4-8-16-42(38)50/h1-28H. The second kappa shape index (κ2) is 11.2. The molecule has 0 N–H and O–H groups in total. The highest BCUT2D eigenvalue weighted by Gasteiger charge is 2.37. The quantitative estimate of drug-likeness (QED) is 0.157. The van der Waals surface area contributed by atoms with Crippen molar-refractivity contribution in [2.45, 2.75) is 11.8 Å². The minimum Gasteiger partial charge on any atom is -0.309 e. The zero-order valence-electron chi connectivity index (χ0n) is 26.6.